The molecule has 0 atom stereocenters. The zero-order valence-electron chi connectivity index (χ0n) is 7.19. The van der Waals surface area contributed by atoms with Gasteiger partial charge in [-0.15, -0.1) is 0 Å². The van der Waals surface area contributed by atoms with E-state index in [4.69, 9.17) is 5.73 Å². The third-order valence-corrected chi connectivity index (χ3v) is 2.48. The van der Waals surface area contributed by atoms with Crippen molar-refractivity contribution < 1.29 is 8.78 Å². The Hall–Kier alpha value is -0.960. The first-order chi connectivity index (χ1) is 6.11. The molecule has 2 N–H and O–H groups in total. The van der Waals surface area contributed by atoms with Crippen LogP contribution in [-0.4, -0.2) is 5.54 Å². The number of rotatable bonds is 2. The Balaban J connectivity index is 2.28. The van der Waals surface area contributed by atoms with Crippen molar-refractivity contribution in [2.45, 2.75) is 24.8 Å². The molecule has 0 aliphatic heterocycles. The van der Waals surface area contributed by atoms with E-state index in [-0.39, 0.29) is 11.1 Å². The molecule has 1 aromatic carbocycles. The maximum atomic E-state index is 13.1. The number of hydrogen-bond acceptors (Lipinski definition) is 1. The van der Waals surface area contributed by atoms with Crippen LogP contribution >= 0.6 is 0 Å². The van der Waals surface area contributed by atoms with Crippen molar-refractivity contribution in [2.75, 3.05) is 0 Å². The van der Waals surface area contributed by atoms with Gasteiger partial charge in [-0.1, -0.05) is 6.07 Å². The molecule has 1 saturated carbocycles. The highest BCUT2D eigenvalue weighted by Crippen LogP contribution is 2.36. The van der Waals surface area contributed by atoms with Crippen LogP contribution in [0.5, 0.6) is 0 Å². The summed E-state index contributed by atoms with van der Waals surface area (Å²) in [5, 5.41) is 0. The average Bonchev–Trinajstić information content (AvgIpc) is 2.78. The van der Waals surface area contributed by atoms with Gasteiger partial charge in [-0.3, -0.25) is 0 Å². The lowest BCUT2D eigenvalue weighted by Crippen LogP contribution is -2.25. The van der Waals surface area contributed by atoms with Crippen LogP contribution in [0, 0.1) is 11.6 Å². The Morgan fingerprint density at radius 3 is 2.23 bits per heavy atom. The summed E-state index contributed by atoms with van der Waals surface area (Å²) >= 11 is 0. The second-order valence-corrected chi connectivity index (χ2v) is 3.74. The quantitative estimate of drug-likeness (QED) is 0.745. The van der Waals surface area contributed by atoms with E-state index in [2.05, 4.69) is 0 Å². The Labute approximate surface area is 75.6 Å². The van der Waals surface area contributed by atoms with Crippen LogP contribution in [0.4, 0.5) is 8.78 Å². The first-order valence-corrected chi connectivity index (χ1v) is 4.32. The minimum absolute atomic E-state index is 0.127. The fourth-order valence-corrected chi connectivity index (χ4v) is 1.39. The molecular weight excluding hydrogens is 172 g/mol. The first-order valence-electron chi connectivity index (χ1n) is 4.32. The molecule has 0 saturated heterocycles. The van der Waals surface area contributed by atoms with Gasteiger partial charge in [0.25, 0.3) is 0 Å². The zero-order valence-corrected chi connectivity index (χ0v) is 7.19. The van der Waals surface area contributed by atoms with Gasteiger partial charge in [0.2, 0.25) is 0 Å². The van der Waals surface area contributed by atoms with Crippen LogP contribution in [-0.2, 0) is 6.42 Å². The molecule has 70 valence electrons. The summed E-state index contributed by atoms with van der Waals surface area (Å²) in [6.45, 7) is 0. The lowest BCUT2D eigenvalue weighted by atomic mass is 10.0. The monoisotopic (exact) mass is 183 g/mol. The summed E-state index contributed by atoms with van der Waals surface area (Å²) in [6.07, 6.45) is 2.03. The summed E-state index contributed by atoms with van der Waals surface area (Å²) < 4.78 is 26.2. The molecule has 0 aromatic heterocycles. The van der Waals surface area contributed by atoms with Gasteiger partial charge >= 0.3 is 0 Å². The van der Waals surface area contributed by atoms with Gasteiger partial charge in [0.05, 0.1) is 0 Å². The minimum Gasteiger partial charge on any atom is -0.325 e. The summed E-state index contributed by atoms with van der Waals surface area (Å²) in [5.74, 6) is -0.978. The van der Waals surface area contributed by atoms with E-state index in [1.807, 2.05) is 0 Å². The first kappa shape index (κ1) is 8.63. The van der Waals surface area contributed by atoms with Crippen molar-refractivity contribution in [3.63, 3.8) is 0 Å². The third-order valence-electron chi connectivity index (χ3n) is 2.48. The number of hydrogen-bond donors (Lipinski definition) is 1. The highest BCUT2D eigenvalue weighted by atomic mass is 19.1. The van der Waals surface area contributed by atoms with E-state index in [0.717, 1.165) is 12.8 Å². The number of halogens is 2. The summed E-state index contributed by atoms with van der Waals surface area (Å²) in [4.78, 5) is 0. The van der Waals surface area contributed by atoms with Crippen LogP contribution in [0.2, 0.25) is 0 Å². The number of benzene rings is 1. The molecule has 3 heteroatoms. The van der Waals surface area contributed by atoms with Crippen molar-refractivity contribution in [3.05, 3.63) is 35.4 Å². The molecule has 0 amide bonds. The van der Waals surface area contributed by atoms with E-state index in [1.165, 1.54) is 18.2 Å². The molecule has 0 bridgehead atoms. The Bertz CT molecular complexity index is 311. The highest BCUT2D eigenvalue weighted by Gasteiger charge is 2.39. The predicted octanol–water partition coefficient (Wildman–Crippen LogP) is 2.00. The lowest BCUT2D eigenvalue weighted by molar-refractivity contribution is 0.531. The van der Waals surface area contributed by atoms with E-state index >= 15 is 0 Å². The van der Waals surface area contributed by atoms with Gasteiger partial charge in [-0.2, -0.15) is 0 Å². The van der Waals surface area contributed by atoms with Crippen LogP contribution in [0.3, 0.4) is 0 Å². The summed E-state index contributed by atoms with van der Waals surface area (Å²) in [6, 6.07) is 3.90. The lowest BCUT2D eigenvalue weighted by Gasteiger charge is -2.09. The zero-order chi connectivity index (χ0) is 9.47. The van der Waals surface area contributed by atoms with Crippen LogP contribution in [0.25, 0.3) is 0 Å². The SMILES string of the molecule is NC1(Cc2c(F)cccc2F)CC1. The topological polar surface area (TPSA) is 26.0 Å². The van der Waals surface area contributed by atoms with Gasteiger partial charge in [0, 0.05) is 11.1 Å². The van der Waals surface area contributed by atoms with Gasteiger partial charge in [0.15, 0.2) is 0 Å². The van der Waals surface area contributed by atoms with Gasteiger partial charge in [-0.25, -0.2) is 8.78 Å². The molecule has 0 spiro atoms. The highest BCUT2D eigenvalue weighted by molar-refractivity contribution is 5.24. The minimum atomic E-state index is -0.489. The van der Waals surface area contributed by atoms with E-state index < -0.39 is 11.6 Å². The molecular formula is C10H11F2N. The van der Waals surface area contributed by atoms with Crippen molar-refractivity contribution in [2.24, 2.45) is 5.73 Å². The Morgan fingerprint density at radius 2 is 1.77 bits per heavy atom. The largest absolute Gasteiger partial charge is 0.325 e. The summed E-state index contributed by atoms with van der Waals surface area (Å²) in [7, 11) is 0. The number of nitrogens with two attached hydrogens (primary N) is 1. The van der Waals surface area contributed by atoms with Crippen molar-refractivity contribution in [1.82, 2.24) is 0 Å². The van der Waals surface area contributed by atoms with E-state index in [0.29, 0.717) is 6.42 Å². The van der Waals surface area contributed by atoms with Crippen LogP contribution in [0.1, 0.15) is 18.4 Å². The molecule has 1 fully saturated rings. The standard InChI is InChI=1S/C10H11F2N/c11-8-2-1-3-9(12)7(8)6-10(13)4-5-10/h1-3H,4-6,13H2. The second kappa shape index (κ2) is 2.77. The molecule has 0 unspecified atom stereocenters. The molecule has 1 aromatic rings. The maximum Gasteiger partial charge on any atom is 0.129 e. The third kappa shape index (κ3) is 1.70. The van der Waals surface area contributed by atoms with Gasteiger partial charge < -0.3 is 5.73 Å². The van der Waals surface area contributed by atoms with Crippen molar-refractivity contribution in [3.8, 4) is 0 Å². The molecule has 0 radical (unpaired) electrons. The van der Waals surface area contributed by atoms with Crippen molar-refractivity contribution >= 4 is 0 Å². The molecule has 1 aliphatic rings. The van der Waals surface area contributed by atoms with E-state index in [1.54, 1.807) is 0 Å². The average molecular weight is 183 g/mol. The molecule has 1 aliphatic carbocycles. The predicted molar refractivity (Wildman–Crippen MR) is 46.2 cm³/mol. The molecule has 0 heterocycles. The Morgan fingerprint density at radius 1 is 1.23 bits per heavy atom. The fraction of sp³-hybridized carbons (Fsp3) is 0.400. The van der Waals surface area contributed by atoms with Gasteiger partial charge in [-0.05, 0) is 31.4 Å². The maximum absolute atomic E-state index is 13.1. The van der Waals surface area contributed by atoms with Crippen molar-refractivity contribution in [1.29, 1.82) is 0 Å². The molecule has 13 heavy (non-hydrogen) atoms. The smallest absolute Gasteiger partial charge is 0.129 e. The Kier molecular flexibility index (Phi) is 1.84. The van der Waals surface area contributed by atoms with E-state index in [9.17, 15) is 8.78 Å². The van der Waals surface area contributed by atoms with Crippen LogP contribution < -0.4 is 5.73 Å². The summed E-state index contributed by atoms with van der Waals surface area (Å²) in [5.41, 5.74) is 5.57. The molecule has 2 rings (SSSR count). The second-order valence-electron chi connectivity index (χ2n) is 3.74. The normalized spacial score (nSPS) is 18.7. The molecule has 1 nitrogen and oxygen atoms in total. The van der Waals surface area contributed by atoms with Gasteiger partial charge in [0.1, 0.15) is 11.6 Å². The fourth-order valence-electron chi connectivity index (χ4n) is 1.39. The van der Waals surface area contributed by atoms with Crippen LogP contribution in [0.15, 0.2) is 18.2 Å².